The summed E-state index contributed by atoms with van der Waals surface area (Å²) in [5, 5.41) is 21.3. The van der Waals surface area contributed by atoms with Gasteiger partial charge in [0.15, 0.2) is 14.6 Å². The van der Waals surface area contributed by atoms with Crippen LogP contribution in [0.1, 0.15) is 26.3 Å². The molecule has 2 N–H and O–H groups in total. The first-order chi connectivity index (χ1) is 12.6. The number of ether oxygens (including phenoxy) is 3. The highest BCUT2D eigenvalue weighted by atomic mass is 28.4. The molecule has 0 unspecified atom stereocenters. The van der Waals surface area contributed by atoms with Crippen molar-refractivity contribution in [3.63, 3.8) is 0 Å². The second-order valence-corrected chi connectivity index (χ2v) is 13.4. The fourth-order valence-corrected chi connectivity index (χ4v) is 3.72. The quantitative estimate of drug-likeness (QED) is 0.688. The molecule has 5 atom stereocenters. The zero-order chi connectivity index (χ0) is 20.2. The molecule has 0 saturated carbocycles. The molecule has 1 aliphatic rings. The Morgan fingerprint density at radius 3 is 2.26 bits per heavy atom. The molecule has 7 heteroatoms. The molecular weight excluding hydrogens is 364 g/mol. The highest BCUT2D eigenvalue weighted by Crippen LogP contribution is 2.37. The smallest absolute Gasteiger partial charge is 0.192 e. The van der Waals surface area contributed by atoms with E-state index in [0.29, 0.717) is 0 Å². The topological polar surface area (TPSA) is 77.4 Å². The van der Waals surface area contributed by atoms with E-state index in [9.17, 15) is 10.2 Å². The molecule has 1 aromatic carbocycles. The first-order valence-corrected chi connectivity index (χ1v) is 12.3. The molecule has 1 heterocycles. The van der Waals surface area contributed by atoms with Crippen LogP contribution in [0.3, 0.4) is 0 Å². The summed E-state index contributed by atoms with van der Waals surface area (Å²) in [4.78, 5) is 0. The first-order valence-electron chi connectivity index (χ1n) is 9.40. The predicted octanol–water partition coefficient (Wildman–Crippen LogP) is 2.69. The Labute approximate surface area is 163 Å². The Kier molecular flexibility index (Phi) is 7.60. The van der Waals surface area contributed by atoms with Crippen LogP contribution >= 0.6 is 0 Å². The SMILES string of the molecule is CO[C@H]1O[C@H](CO[Si](C)(C)C(C)(C)C)[C@@H](O)[C@H](OCc2ccccc2)[C@@H]1O. The van der Waals surface area contributed by atoms with Gasteiger partial charge in [0.2, 0.25) is 0 Å². The summed E-state index contributed by atoms with van der Waals surface area (Å²) in [7, 11) is -0.532. The maximum absolute atomic E-state index is 10.8. The fraction of sp³-hybridized carbons (Fsp3) is 0.700. The van der Waals surface area contributed by atoms with Crippen LogP contribution in [0.15, 0.2) is 30.3 Å². The van der Waals surface area contributed by atoms with Crippen LogP contribution in [-0.4, -0.2) is 63.0 Å². The molecule has 1 saturated heterocycles. The Hall–Kier alpha value is -0.803. The molecule has 0 spiro atoms. The molecule has 6 nitrogen and oxygen atoms in total. The standard InChI is InChI=1S/C20H34O6Si/c1-20(2,3)27(5,6)25-13-15-16(21)18(17(22)19(23-4)26-15)24-12-14-10-8-7-9-11-14/h7-11,15-19,21-22H,12-13H2,1-6H3/t15-,16-,17+,18+,19+/m1/s1. The van der Waals surface area contributed by atoms with E-state index in [4.69, 9.17) is 18.6 Å². The van der Waals surface area contributed by atoms with Gasteiger partial charge in [0.05, 0.1) is 13.2 Å². The minimum atomic E-state index is -2.00. The van der Waals surface area contributed by atoms with Crippen molar-refractivity contribution in [2.45, 2.75) is 76.2 Å². The number of hydrogen-bond acceptors (Lipinski definition) is 6. The summed E-state index contributed by atoms with van der Waals surface area (Å²) < 4.78 is 23.1. The Morgan fingerprint density at radius 2 is 1.70 bits per heavy atom. The van der Waals surface area contributed by atoms with Crippen molar-refractivity contribution in [1.82, 2.24) is 0 Å². The van der Waals surface area contributed by atoms with Crippen LogP contribution in [0.2, 0.25) is 18.1 Å². The van der Waals surface area contributed by atoms with Crippen LogP contribution in [0.25, 0.3) is 0 Å². The number of methoxy groups -OCH3 is 1. The zero-order valence-corrected chi connectivity index (χ0v) is 18.2. The maximum Gasteiger partial charge on any atom is 0.192 e. The second-order valence-electron chi connectivity index (χ2n) is 8.59. The average Bonchev–Trinajstić information content (AvgIpc) is 2.61. The Bertz CT molecular complexity index is 574. The third kappa shape index (κ3) is 5.60. The van der Waals surface area contributed by atoms with Crippen LogP contribution < -0.4 is 0 Å². The normalized spacial score (nSPS) is 29.7. The van der Waals surface area contributed by atoms with Crippen molar-refractivity contribution < 1.29 is 28.8 Å². The number of hydrogen-bond donors (Lipinski definition) is 2. The van der Waals surface area contributed by atoms with E-state index in [1.54, 1.807) is 0 Å². The molecule has 0 radical (unpaired) electrons. The van der Waals surface area contributed by atoms with Crippen molar-refractivity contribution in [3.8, 4) is 0 Å². The van der Waals surface area contributed by atoms with Gasteiger partial charge in [-0.1, -0.05) is 51.1 Å². The van der Waals surface area contributed by atoms with Gasteiger partial charge in [0.1, 0.15) is 24.4 Å². The monoisotopic (exact) mass is 398 g/mol. The van der Waals surface area contributed by atoms with Gasteiger partial charge in [0, 0.05) is 7.11 Å². The van der Waals surface area contributed by atoms with Gasteiger partial charge < -0.3 is 28.8 Å². The van der Waals surface area contributed by atoms with Crippen molar-refractivity contribution in [2.75, 3.05) is 13.7 Å². The van der Waals surface area contributed by atoms with E-state index in [1.165, 1.54) is 7.11 Å². The molecule has 27 heavy (non-hydrogen) atoms. The van der Waals surface area contributed by atoms with Gasteiger partial charge in [-0.15, -0.1) is 0 Å². The van der Waals surface area contributed by atoms with E-state index in [-0.39, 0.29) is 18.3 Å². The van der Waals surface area contributed by atoms with Crippen molar-refractivity contribution >= 4 is 8.32 Å². The zero-order valence-electron chi connectivity index (χ0n) is 17.2. The lowest BCUT2D eigenvalue weighted by atomic mass is 9.99. The summed E-state index contributed by atoms with van der Waals surface area (Å²) in [6.45, 7) is 11.3. The van der Waals surface area contributed by atoms with Gasteiger partial charge in [0.25, 0.3) is 0 Å². The van der Waals surface area contributed by atoms with Crippen molar-refractivity contribution in [1.29, 1.82) is 0 Å². The lowest BCUT2D eigenvalue weighted by molar-refractivity contribution is -0.302. The van der Waals surface area contributed by atoms with Gasteiger partial charge in [-0.25, -0.2) is 0 Å². The predicted molar refractivity (Wildman–Crippen MR) is 106 cm³/mol. The fourth-order valence-electron chi connectivity index (χ4n) is 2.71. The van der Waals surface area contributed by atoms with Crippen LogP contribution in [0.5, 0.6) is 0 Å². The molecule has 154 valence electrons. The lowest BCUT2D eigenvalue weighted by Crippen LogP contribution is -2.60. The molecule has 0 amide bonds. The van der Waals surface area contributed by atoms with Gasteiger partial charge in [-0.05, 0) is 23.7 Å². The summed E-state index contributed by atoms with van der Waals surface area (Å²) in [5.41, 5.74) is 0.964. The Balaban J connectivity index is 2.05. The lowest BCUT2D eigenvalue weighted by Gasteiger charge is -2.43. The summed E-state index contributed by atoms with van der Waals surface area (Å²) in [5.74, 6) is 0. The van der Waals surface area contributed by atoms with E-state index in [1.807, 2.05) is 30.3 Å². The van der Waals surface area contributed by atoms with Crippen molar-refractivity contribution in [2.24, 2.45) is 0 Å². The molecule has 0 bridgehead atoms. The largest absolute Gasteiger partial charge is 0.414 e. The summed E-state index contributed by atoms with van der Waals surface area (Å²) in [6.07, 6.45) is -4.43. The van der Waals surface area contributed by atoms with Crippen LogP contribution in [-0.2, 0) is 25.2 Å². The molecule has 0 aliphatic carbocycles. The average molecular weight is 399 g/mol. The van der Waals surface area contributed by atoms with Crippen LogP contribution in [0.4, 0.5) is 0 Å². The molecule has 1 aliphatic heterocycles. The number of rotatable bonds is 7. The van der Waals surface area contributed by atoms with E-state index in [2.05, 4.69) is 33.9 Å². The van der Waals surface area contributed by atoms with E-state index >= 15 is 0 Å². The van der Waals surface area contributed by atoms with Crippen LogP contribution in [0, 0.1) is 0 Å². The number of benzene rings is 1. The highest BCUT2D eigenvalue weighted by Gasteiger charge is 2.47. The highest BCUT2D eigenvalue weighted by molar-refractivity contribution is 6.74. The molecule has 1 aromatic rings. The minimum absolute atomic E-state index is 0.0516. The third-order valence-electron chi connectivity index (χ3n) is 5.57. The molecule has 2 rings (SSSR count). The minimum Gasteiger partial charge on any atom is -0.414 e. The number of aliphatic hydroxyl groups excluding tert-OH is 2. The van der Waals surface area contributed by atoms with Gasteiger partial charge >= 0.3 is 0 Å². The summed E-state index contributed by atoms with van der Waals surface area (Å²) >= 11 is 0. The van der Waals surface area contributed by atoms with Crippen molar-refractivity contribution in [3.05, 3.63) is 35.9 Å². The second kappa shape index (κ2) is 9.13. The molecular formula is C20H34O6Si. The third-order valence-corrected chi connectivity index (χ3v) is 10.1. The Morgan fingerprint density at radius 1 is 1.07 bits per heavy atom. The first kappa shape index (κ1) is 22.5. The maximum atomic E-state index is 10.8. The molecule has 1 fully saturated rings. The van der Waals surface area contributed by atoms with Gasteiger partial charge in [-0.3, -0.25) is 0 Å². The van der Waals surface area contributed by atoms with E-state index in [0.717, 1.165) is 5.56 Å². The van der Waals surface area contributed by atoms with Gasteiger partial charge in [-0.2, -0.15) is 0 Å². The number of aliphatic hydroxyl groups is 2. The summed E-state index contributed by atoms with van der Waals surface area (Å²) in [6, 6.07) is 9.64. The molecule has 0 aromatic heterocycles. The van der Waals surface area contributed by atoms with E-state index < -0.39 is 39.0 Å².